The van der Waals surface area contributed by atoms with Crippen LogP contribution in [0, 0.1) is 17.8 Å². The summed E-state index contributed by atoms with van der Waals surface area (Å²) in [6.07, 6.45) is 8.84. The SMILES string of the molecule is CCc1cnc(N2CC3C(COc4ccc(C5=CCN(S(C)(=O)=O)CC5)cc4)[C@@H]3C2)nc1. The fourth-order valence-electron chi connectivity index (χ4n) is 4.93. The Hall–Kier alpha value is -2.45. The van der Waals surface area contributed by atoms with Crippen molar-refractivity contribution in [1.82, 2.24) is 14.3 Å². The van der Waals surface area contributed by atoms with Crippen molar-refractivity contribution in [3.05, 3.63) is 53.9 Å². The summed E-state index contributed by atoms with van der Waals surface area (Å²) >= 11 is 0. The fourth-order valence-corrected chi connectivity index (χ4v) is 5.69. The predicted molar refractivity (Wildman–Crippen MR) is 125 cm³/mol. The van der Waals surface area contributed by atoms with Gasteiger partial charge < -0.3 is 9.64 Å². The van der Waals surface area contributed by atoms with Crippen molar-refractivity contribution in [3.8, 4) is 5.75 Å². The Labute approximate surface area is 190 Å². The van der Waals surface area contributed by atoms with Crippen LogP contribution in [0.25, 0.3) is 5.57 Å². The second kappa shape index (κ2) is 8.48. The molecule has 2 aromatic rings. The number of hydrogen-bond acceptors (Lipinski definition) is 6. The number of aromatic nitrogens is 2. The van der Waals surface area contributed by atoms with Crippen molar-refractivity contribution in [2.75, 3.05) is 43.9 Å². The molecule has 0 N–H and O–H groups in total. The minimum atomic E-state index is -3.12. The first-order valence-corrected chi connectivity index (χ1v) is 13.2. The predicted octanol–water partition coefficient (Wildman–Crippen LogP) is 2.85. The van der Waals surface area contributed by atoms with E-state index in [1.54, 1.807) is 0 Å². The van der Waals surface area contributed by atoms with Crippen molar-refractivity contribution >= 4 is 21.5 Å². The van der Waals surface area contributed by atoms with E-state index in [0.717, 1.165) is 49.8 Å². The first kappa shape index (κ1) is 21.4. The lowest BCUT2D eigenvalue weighted by atomic mass is 10.0. The molecule has 170 valence electrons. The fraction of sp³-hybridized carbons (Fsp3) is 0.500. The zero-order valence-electron chi connectivity index (χ0n) is 18.6. The Morgan fingerprint density at radius 2 is 1.78 bits per heavy atom. The highest BCUT2D eigenvalue weighted by Crippen LogP contribution is 2.52. The van der Waals surface area contributed by atoms with Gasteiger partial charge in [0.2, 0.25) is 16.0 Å². The van der Waals surface area contributed by atoms with Crippen molar-refractivity contribution in [2.24, 2.45) is 17.8 Å². The number of rotatable bonds is 7. The molecular formula is C24H30N4O3S. The third kappa shape index (κ3) is 4.38. The monoisotopic (exact) mass is 454 g/mol. The van der Waals surface area contributed by atoms with Gasteiger partial charge in [0, 0.05) is 44.5 Å². The van der Waals surface area contributed by atoms with Gasteiger partial charge in [-0.1, -0.05) is 25.1 Å². The van der Waals surface area contributed by atoms with Gasteiger partial charge >= 0.3 is 0 Å². The van der Waals surface area contributed by atoms with Crippen LogP contribution in [0.4, 0.5) is 5.95 Å². The van der Waals surface area contributed by atoms with Crippen LogP contribution < -0.4 is 9.64 Å². The molecule has 32 heavy (non-hydrogen) atoms. The van der Waals surface area contributed by atoms with E-state index in [4.69, 9.17) is 4.74 Å². The van der Waals surface area contributed by atoms with Crippen LogP contribution in [0.1, 0.15) is 24.5 Å². The molecule has 0 radical (unpaired) electrons. The number of fused-ring (bicyclic) bond motifs is 1. The highest BCUT2D eigenvalue weighted by molar-refractivity contribution is 7.88. The van der Waals surface area contributed by atoms with E-state index in [2.05, 4.69) is 33.9 Å². The van der Waals surface area contributed by atoms with Gasteiger partial charge in [-0.3, -0.25) is 0 Å². The molecule has 1 aromatic carbocycles. The molecule has 8 heteroatoms. The van der Waals surface area contributed by atoms with Gasteiger partial charge in [0.1, 0.15) is 5.75 Å². The number of hydrogen-bond donors (Lipinski definition) is 0. The second-order valence-electron chi connectivity index (χ2n) is 9.08. The number of benzene rings is 1. The topological polar surface area (TPSA) is 75.6 Å². The highest BCUT2D eigenvalue weighted by atomic mass is 32.2. The molecule has 1 saturated heterocycles. The lowest BCUT2D eigenvalue weighted by molar-refractivity contribution is 0.283. The first-order chi connectivity index (χ1) is 15.4. The number of sulfonamides is 1. The minimum Gasteiger partial charge on any atom is -0.493 e. The van der Waals surface area contributed by atoms with Gasteiger partial charge in [-0.05, 0) is 53.5 Å². The lowest BCUT2D eigenvalue weighted by Crippen LogP contribution is -2.33. The van der Waals surface area contributed by atoms with E-state index >= 15 is 0 Å². The van der Waals surface area contributed by atoms with E-state index in [1.165, 1.54) is 21.7 Å². The number of aryl methyl sites for hydroxylation is 1. The smallest absolute Gasteiger partial charge is 0.225 e. The summed E-state index contributed by atoms with van der Waals surface area (Å²) < 4.78 is 30.9. The Morgan fingerprint density at radius 3 is 2.34 bits per heavy atom. The van der Waals surface area contributed by atoms with Crippen LogP contribution >= 0.6 is 0 Å². The number of nitrogens with zero attached hydrogens (tertiary/aromatic N) is 4. The second-order valence-corrected chi connectivity index (χ2v) is 11.1. The number of piperidine rings is 1. The van der Waals surface area contributed by atoms with E-state index in [0.29, 0.717) is 30.8 Å². The molecule has 7 nitrogen and oxygen atoms in total. The molecule has 3 aliphatic rings. The van der Waals surface area contributed by atoms with Crippen molar-refractivity contribution in [2.45, 2.75) is 19.8 Å². The van der Waals surface area contributed by atoms with Crippen molar-refractivity contribution in [3.63, 3.8) is 0 Å². The van der Waals surface area contributed by atoms with E-state index in [9.17, 15) is 8.42 Å². The summed E-state index contributed by atoms with van der Waals surface area (Å²) in [5, 5.41) is 0. The standard InChI is InChI=1S/C24H30N4O3S/c1-3-17-12-25-24(26-13-17)27-14-21-22(15-27)23(21)16-31-20-6-4-18(5-7-20)19-8-10-28(11-9-19)32(2,29)30/h4-8,12-13,21-23H,3,9-11,14-16H2,1-2H3/t21-,22?,23?/m1/s1. The van der Waals surface area contributed by atoms with Crippen LogP contribution in [0.2, 0.25) is 0 Å². The maximum Gasteiger partial charge on any atom is 0.225 e. The summed E-state index contributed by atoms with van der Waals surface area (Å²) in [4.78, 5) is 11.3. The maximum absolute atomic E-state index is 11.7. The molecule has 5 rings (SSSR count). The summed E-state index contributed by atoms with van der Waals surface area (Å²) in [6.45, 7) is 5.89. The molecule has 0 spiro atoms. The Morgan fingerprint density at radius 1 is 1.09 bits per heavy atom. The van der Waals surface area contributed by atoms with E-state index < -0.39 is 10.0 Å². The molecule has 3 heterocycles. The van der Waals surface area contributed by atoms with Crippen LogP contribution in [0.5, 0.6) is 5.75 Å². The van der Waals surface area contributed by atoms with Crippen LogP contribution in [0.3, 0.4) is 0 Å². The van der Waals surface area contributed by atoms with Crippen LogP contribution in [-0.2, 0) is 16.4 Å². The molecule has 1 aromatic heterocycles. The van der Waals surface area contributed by atoms with Gasteiger partial charge in [0.05, 0.1) is 12.9 Å². The quantitative estimate of drug-likeness (QED) is 0.640. The summed E-state index contributed by atoms with van der Waals surface area (Å²) in [5.41, 5.74) is 3.51. The van der Waals surface area contributed by atoms with Gasteiger partial charge in [-0.2, -0.15) is 4.31 Å². The third-order valence-electron chi connectivity index (χ3n) is 7.06. The zero-order chi connectivity index (χ0) is 22.3. The van der Waals surface area contributed by atoms with Gasteiger partial charge in [0.25, 0.3) is 0 Å². The van der Waals surface area contributed by atoms with E-state index in [1.807, 2.05) is 30.6 Å². The summed E-state index contributed by atoms with van der Waals surface area (Å²) in [6, 6.07) is 8.19. The Bertz CT molecular complexity index is 1090. The zero-order valence-corrected chi connectivity index (χ0v) is 19.5. The summed E-state index contributed by atoms with van der Waals surface area (Å²) in [7, 11) is -3.12. The van der Waals surface area contributed by atoms with Crippen LogP contribution in [-0.4, -0.2) is 61.7 Å². The largest absolute Gasteiger partial charge is 0.493 e. The molecule has 1 aliphatic carbocycles. The lowest BCUT2D eigenvalue weighted by Gasteiger charge is -2.24. The maximum atomic E-state index is 11.7. The molecule has 0 bridgehead atoms. The average molecular weight is 455 g/mol. The normalized spacial score (nSPS) is 25.4. The molecule has 2 aliphatic heterocycles. The molecule has 3 atom stereocenters. The molecule has 2 unspecified atom stereocenters. The molecule has 1 saturated carbocycles. The number of anilines is 1. The van der Waals surface area contributed by atoms with E-state index in [-0.39, 0.29) is 0 Å². The highest BCUT2D eigenvalue weighted by Gasteiger charge is 2.56. The minimum absolute atomic E-state index is 0.446. The number of ether oxygens (including phenoxy) is 1. The Kier molecular flexibility index (Phi) is 5.67. The molecular weight excluding hydrogens is 424 g/mol. The average Bonchev–Trinajstić information content (AvgIpc) is 3.26. The summed E-state index contributed by atoms with van der Waals surface area (Å²) in [5.74, 6) is 3.70. The van der Waals surface area contributed by atoms with Crippen molar-refractivity contribution < 1.29 is 13.2 Å². The van der Waals surface area contributed by atoms with Gasteiger partial charge in [-0.15, -0.1) is 0 Å². The van der Waals surface area contributed by atoms with Crippen LogP contribution in [0.15, 0.2) is 42.7 Å². The van der Waals surface area contributed by atoms with Crippen molar-refractivity contribution in [1.29, 1.82) is 0 Å². The molecule has 0 amide bonds. The third-order valence-corrected chi connectivity index (χ3v) is 8.33. The molecule has 2 fully saturated rings. The Balaban J connectivity index is 1.10. The van der Waals surface area contributed by atoms with Gasteiger partial charge in [-0.25, -0.2) is 18.4 Å². The van der Waals surface area contributed by atoms with Gasteiger partial charge in [0.15, 0.2) is 0 Å². The first-order valence-electron chi connectivity index (χ1n) is 11.4.